The lowest BCUT2D eigenvalue weighted by atomic mass is 10.1. The van der Waals surface area contributed by atoms with Crippen LogP contribution < -0.4 is 19.1 Å². The average Bonchev–Trinajstić information content (AvgIpc) is 2.61. The highest BCUT2D eigenvalue weighted by Crippen LogP contribution is 2.33. The van der Waals surface area contributed by atoms with Gasteiger partial charge in [-0.3, -0.25) is 4.79 Å². The van der Waals surface area contributed by atoms with Gasteiger partial charge in [0.1, 0.15) is 5.75 Å². The van der Waals surface area contributed by atoms with E-state index in [4.69, 9.17) is 25.8 Å². The molecule has 0 spiro atoms. The molecule has 2 aromatic rings. The predicted molar refractivity (Wildman–Crippen MR) is 103 cm³/mol. The van der Waals surface area contributed by atoms with E-state index in [1.165, 1.54) is 12.0 Å². The molecule has 0 aliphatic rings. The first-order chi connectivity index (χ1) is 11.4. The molecule has 0 saturated carbocycles. The van der Waals surface area contributed by atoms with Crippen LogP contribution >= 0.6 is 34.2 Å². The summed E-state index contributed by atoms with van der Waals surface area (Å²) in [4.78, 5) is 14.4. The molecule has 0 N–H and O–H groups in total. The Balaban J connectivity index is 2.41. The van der Waals surface area contributed by atoms with Crippen molar-refractivity contribution in [1.82, 2.24) is 0 Å². The van der Waals surface area contributed by atoms with Crippen molar-refractivity contribution in [1.29, 1.82) is 0 Å². The quantitative estimate of drug-likeness (QED) is 0.625. The van der Waals surface area contributed by atoms with Gasteiger partial charge in [-0.2, -0.15) is 0 Å². The van der Waals surface area contributed by atoms with Crippen LogP contribution in [0.4, 0.5) is 5.69 Å². The fourth-order valence-electron chi connectivity index (χ4n) is 2.20. The lowest BCUT2D eigenvalue weighted by Gasteiger charge is -2.20. The fraction of sp³-hybridized carbons (Fsp3) is 0.235. The fourth-order valence-corrected chi connectivity index (χ4v) is 2.80. The van der Waals surface area contributed by atoms with E-state index < -0.39 is 0 Å². The van der Waals surface area contributed by atoms with Gasteiger partial charge in [0.15, 0.2) is 11.5 Å². The topological polar surface area (TPSA) is 48.0 Å². The third kappa shape index (κ3) is 3.70. The molecule has 2 aromatic carbocycles. The minimum atomic E-state index is -0.239. The van der Waals surface area contributed by atoms with E-state index in [1.54, 1.807) is 51.6 Å². The van der Waals surface area contributed by atoms with E-state index >= 15 is 0 Å². The molecule has 24 heavy (non-hydrogen) atoms. The Morgan fingerprint density at radius 2 is 1.62 bits per heavy atom. The summed E-state index contributed by atoms with van der Waals surface area (Å²) < 4.78 is 16.6. The summed E-state index contributed by atoms with van der Waals surface area (Å²) in [6.45, 7) is 0. The molecule has 7 heteroatoms. The molecule has 1 amide bonds. The highest BCUT2D eigenvalue weighted by molar-refractivity contribution is 14.1. The Morgan fingerprint density at radius 1 is 1.00 bits per heavy atom. The molecule has 0 aromatic heterocycles. The van der Waals surface area contributed by atoms with Crippen LogP contribution in [0.25, 0.3) is 0 Å². The highest BCUT2D eigenvalue weighted by atomic mass is 127. The van der Waals surface area contributed by atoms with Gasteiger partial charge in [0.2, 0.25) is 0 Å². The van der Waals surface area contributed by atoms with Crippen molar-refractivity contribution in [2.45, 2.75) is 0 Å². The van der Waals surface area contributed by atoms with Gasteiger partial charge in [-0.15, -0.1) is 0 Å². The van der Waals surface area contributed by atoms with Gasteiger partial charge >= 0.3 is 0 Å². The van der Waals surface area contributed by atoms with Gasteiger partial charge in [0.05, 0.1) is 31.9 Å². The van der Waals surface area contributed by atoms with Crippen molar-refractivity contribution >= 4 is 45.8 Å². The number of benzene rings is 2. The molecule has 2 rings (SSSR count). The standard InChI is InChI=1S/C17H17ClINO4/c1-20(10-5-6-14(22-2)16(7-10)24-4)17(21)11-8-12(18)13(19)9-15(11)23-3/h5-9H,1-4H3. The highest BCUT2D eigenvalue weighted by Gasteiger charge is 2.20. The number of ether oxygens (including phenoxy) is 3. The summed E-state index contributed by atoms with van der Waals surface area (Å²) in [7, 11) is 6.30. The SMILES string of the molecule is COc1ccc(N(C)C(=O)c2cc(Cl)c(I)cc2OC)cc1OC. The average molecular weight is 462 g/mol. The molecule has 0 bridgehead atoms. The summed E-state index contributed by atoms with van der Waals surface area (Å²) in [5.74, 6) is 1.37. The number of rotatable bonds is 5. The van der Waals surface area contributed by atoms with Gasteiger partial charge in [-0.1, -0.05) is 11.6 Å². The smallest absolute Gasteiger partial charge is 0.261 e. The Kier molecular flexibility index (Phi) is 6.17. The van der Waals surface area contributed by atoms with Gasteiger partial charge in [-0.25, -0.2) is 0 Å². The van der Waals surface area contributed by atoms with Crippen molar-refractivity contribution in [3.63, 3.8) is 0 Å². The zero-order valence-corrected chi connectivity index (χ0v) is 16.6. The number of hydrogen-bond acceptors (Lipinski definition) is 4. The molecular weight excluding hydrogens is 445 g/mol. The molecule has 0 unspecified atom stereocenters. The number of anilines is 1. The van der Waals surface area contributed by atoms with E-state index in [9.17, 15) is 4.79 Å². The number of carbonyl (C=O) groups is 1. The van der Waals surface area contributed by atoms with Crippen LogP contribution in [0.1, 0.15) is 10.4 Å². The van der Waals surface area contributed by atoms with Crippen molar-refractivity contribution < 1.29 is 19.0 Å². The van der Waals surface area contributed by atoms with Gasteiger partial charge in [-0.05, 0) is 46.9 Å². The van der Waals surface area contributed by atoms with E-state index in [-0.39, 0.29) is 5.91 Å². The second-order valence-electron chi connectivity index (χ2n) is 4.87. The molecule has 0 atom stereocenters. The van der Waals surface area contributed by atoms with Crippen molar-refractivity contribution in [3.8, 4) is 17.2 Å². The van der Waals surface area contributed by atoms with Gasteiger partial charge in [0, 0.05) is 22.4 Å². The zero-order chi connectivity index (χ0) is 17.9. The van der Waals surface area contributed by atoms with Crippen LogP contribution in [0.5, 0.6) is 17.2 Å². The van der Waals surface area contributed by atoms with Crippen molar-refractivity contribution in [2.75, 3.05) is 33.3 Å². The number of methoxy groups -OCH3 is 3. The van der Waals surface area contributed by atoms with Crippen molar-refractivity contribution in [2.24, 2.45) is 0 Å². The first kappa shape index (κ1) is 18.7. The van der Waals surface area contributed by atoms with Crippen molar-refractivity contribution in [3.05, 3.63) is 44.5 Å². The summed E-state index contributed by atoms with van der Waals surface area (Å²) in [5.41, 5.74) is 1.05. The molecule has 0 radical (unpaired) electrons. The second-order valence-corrected chi connectivity index (χ2v) is 6.44. The molecule has 0 saturated heterocycles. The van der Waals surface area contributed by atoms with E-state index in [0.29, 0.717) is 33.5 Å². The maximum atomic E-state index is 12.9. The molecule has 5 nitrogen and oxygen atoms in total. The van der Waals surface area contributed by atoms with Gasteiger partial charge in [0.25, 0.3) is 5.91 Å². The third-order valence-electron chi connectivity index (χ3n) is 3.53. The van der Waals surface area contributed by atoms with Crippen LogP contribution in [0, 0.1) is 3.57 Å². The number of nitrogens with zero attached hydrogens (tertiary/aromatic N) is 1. The van der Waals surface area contributed by atoms with Crippen LogP contribution in [0.15, 0.2) is 30.3 Å². The Morgan fingerprint density at radius 3 is 2.21 bits per heavy atom. The zero-order valence-electron chi connectivity index (χ0n) is 13.7. The van der Waals surface area contributed by atoms with Gasteiger partial charge < -0.3 is 19.1 Å². The lowest BCUT2D eigenvalue weighted by molar-refractivity contribution is 0.0990. The molecule has 128 valence electrons. The molecule has 0 heterocycles. The molecule has 0 aliphatic carbocycles. The van der Waals surface area contributed by atoms with E-state index in [2.05, 4.69) is 22.6 Å². The monoisotopic (exact) mass is 461 g/mol. The predicted octanol–water partition coefficient (Wildman–Crippen LogP) is 4.25. The van der Waals surface area contributed by atoms with Crippen LogP contribution in [-0.4, -0.2) is 34.3 Å². The van der Waals surface area contributed by atoms with Crippen LogP contribution in [0.3, 0.4) is 0 Å². The van der Waals surface area contributed by atoms with Crippen LogP contribution in [-0.2, 0) is 0 Å². The maximum Gasteiger partial charge on any atom is 0.261 e. The number of hydrogen-bond donors (Lipinski definition) is 0. The number of carbonyl (C=O) groups excluding carboxylic acids is 1. The summed E-state index contributed by atoms with van der Waals surface area (Å²) in [6.07, 6.45) is 0. The summed E-state index contributed by atoms with van der Waals surface area (Å²) >= 11 is 8.25. The lowest BCUT2D eigenvalue weighted by Crippen LogP contribution is -2.26. The van der Waals surface area contributed by atoms with E-state index in [1.807, 2.05) is 0 Å². The minimum Gasteiger partial charge on any atom is -0.496 e. The Labute approximate surface area is 159 Å². The van der Waals surface area contributed by atoms with Crippen LogP contribution in [0.2, 0.25) is 5.02 Å². The first-order valence-corrected chi connectivity index (χ1v) is 8.41. The molecular formula is C17H17ClINO4. The number of amides is 1. The normalized spacial score (nSPS) is 10.2. The molecule has 0 fully saturated rings. The molecule has 0 aliphatic heterocycles. The minimum absolute atomic E-state index is 0.239. The van der Waals surface area contributed by atoms with E-state index in [0.717, 1.165) is 3.57 Å². The summed E-state index contributed by atoms with van der Waals surface area (Å²) in [5, 5.41) is 0.500. The first-order valence-electron chi connectivity index (χ1n) is 6.96. The second kappa shape index (κ2) is 7.94. The number of halogens is 2. The maximum absolute atomic E-state index is 12.9. The Hall–Kier alpha value is -1.67. The largest absolute Gasteiger partial charge is 0.496 e. The third-order valence-corrected chi connectivity index (χ3v) is 5.06. The Bertz CT molecular complexity index is 766. The summed E-state index contributed by atoms with van der Waals surface area (Å²) in [6, 6.07) is 8.61.